The van der Waals surface area contributed by atoms with Gasteiger partial charge in [-0.1, -0.05) is 24.3 Å². The van der Waals surface area contributed by atoms with Crippen molar-refractivity contribution in [2.45, 2.75) is 25.2 Å². The number of fused-ring (bicyclic) bond motifs is 3. The average molecular weight is 549 g/mol. The van der Waals surface area contributed by atoms with Gasteiger partial charge in [-0.2, -0.15) is 26.3 Å². The number of hydrogen-bond donors (Lipinski definition) is 1. The molecule has 6 rings (SSSR count). The molecule has 0 saturated carbocycles. The van der Waals surface area contributed by atoms with Crippen molar-refractivity contribution in [3.8, 4) is 11.1 Å². The van der Waals surface area contributed by atoms with E-state index in [1.54, 1.807) is 4.90 Å². The summed E-state index contributed by atoms with van der Waals surface area (Å²) >= 11 is 0. The molecule has 8 heteroatoms. The van der Waals surface area contributed by atoms with Crippen molar-refractivity contribution < 1.29 is 26.3 Å². The number of aromatic nitrogens is 1. The molecule has 1 aliphatic rings. The highest BCUT2D eigenvalue weighted by Gasteiger charge is 2.31. The van der Waals surface area contributed by atoms with Crippen LogP contribution in [0.4, 0.5) is 43.4 Å². The molecule has 4 aromatic carbocycles. The van der Waals surface area contributed by atoms with Crippen molar-refractivity contribution in [3.63, 3.8) is 0 Å². The lowest BCUT2D eigenvalue weighted by Gasteiger charge is -2.26. The molecule has 0 aliphatic heterocycles. The van der Waals surface area contributed by atoms with E-state index < -0.39 is 23.5 Å². The van der Waals surface area contributed by atoms with E-state index in [0.717, 1.165) is 64.8 Å². The molecule has 0 saturated heterocycles. The molecular weight excluding hydrogens is 526 g/mol. The highest BCUT2D eigenvalue weighted by atomic mass is 19.4. The Labute approximate surface area is 226 Å². The molecule has 1 aliphatic carbocycles. The van der Waals surface area contributed by atoms with Crippen LogP contribution >= 0.6 is 0 Å². The first kappa shape index (κ1) is 25.8. The number of allylic oxidation sites excluding steroid dienone is 1. The number of benzene rings is 4. The zero-order valence-corrected chi connectivity index (χ0v) is 20.9. The first-order chi connectivity index (χ1) is 19.1. The fourth-order valence-electron chi connectivity index (χ4n) is 5.14. The predicted octanol–water partition coefficient (Wildman–Crippen LogP) is 10.3. The number of rotatable bonds is 4. The molecule has 0 atom stereocenters. The molecule has 2 nitrogen and oxygen atoms in total. The van der Waals surface area contributed by atoms with Crippen molar-refractivity contribution >= 4 is 34.0 Å². The van der Waals surface area contributed by atoms with E-state index in [0.29, 0.717) is 17.1 Å². The second kappa shape index (κ2) is 9.62. The third-order valence-electron chi connectivity index (χ3n) is 7.15. The third kappa shape index (κ3) is 4.85. The Kier molecular flexibility index (Phi) is 6.21. The summed E-state index contributed by atoms with van der Waals surface area (Å²) in [5, 5.41) is 1.16. The van der Waals surface area contributed by atoms with Crippen molar-refractivity contribution in [2.75, 3.05) is 4.90 Å². The number of hydrogen-bond acceptors (Lipinski definition) is 1. The first-order valence-corrected chi connectivity index (χ1v) is 12.6. The van der Waals surface area contributed by atoms with Crippen LogP contribution in [0.5, 0.6) is 0 Å². The monoisotopic (exact) mass is 548 g/mol. The highest BCUT2D eigenvalue weighted by molar-refractivity contribution is 5.91. The van der Waals surface area contributed by atoms with E-state index >= 15 is 0 Å². The second-order valence-electron chi connectivity index (χ2n) is 9.69. The molecular formula is C32H22F6N2. The van der Waals surface area contributed by atoms with Crippen LogP contribution in [0.1, 0.15) is 28.8 Å². The van der Waals surface area contributed by atoms with Crippen LogP contribution in [0.15, 0.2) is 97.1 Å². The summed E-state index contributed by atoms with van der Waals surface area (Å²) in [5.74, 6) is 0. The van der Waals surface area contributed by atoms with Crippen molar-refractivity contribution in [2.24, 2.45) is 0 Å². The fourth-order valence-corrected chi connectivity index (χ4v) is 5.14. The maximum Gasteiger partial charge on any atom is 0.416 e. The van der Waals surface area contributed by atoms with E-state index in [4.69, 9.17) is 0 Å². The van der Waals surface area contributed by atoms with E-state index in [1.165, 1.54) is 29.8 Å². The van der Waals surface area contributed by atoms with E-state index in [2.05, 4.69) is 23.2 Å². The summed E-state index contributed by atoms with van der Waals surface area (Å²) in [5.41, 5.74) is 5.15. The van der Waals surface area contributed by atoms with Crippen molar-refractivity contribution in [1.82, 2.24) is 4.98 Å². The average Bonchev–Trinajstić information content (AvgIpc) is 3.31. The van der Waals surface area contributed by atoms with E-state index in [9.17, 15) is 26.3 Å². The van der Waals surface area contributed by atoms with Crippen LogP contribution in [0.2, 0.25) is 0 Å². The van der Waals surface area contributed by atoms with E-state index in [-0.39, 0.29) is 0 Å². The zero-order chi connectivity index (χ0) is 28.1. The van der Waals surface area contributed by atoms with Gasteiger partial charge in [-0.3, -0.25) is 0 Å². The van der Waals surface area contributed by atoms with Gasteiger partial charge in [-0.15, -0.1) is 0 Å². The van der Waals surface area contributed by atoms with Gasteiger partial charge in [-0.05, 0) is 108 Å². The Bertz CT molecular complexity index is 1630. The first-order valence-electron chi connectivity index (χ1n) is 12.6. The van der Waals surface area contributed by atoms with Gasteiger partial charge in [0.2, 0.25) is 0 Å². The summed E-state index contributed by atoms with van der Waals surface area (Å²) in [6, 6.07) is 22.7. The summed E-state index contributed by atoms with van der Waals surface area (Å²) in [6.07, 6.45) is -2.81. The van der Waals surface area contributed by atoms with Gasteiger partial charge in [0.05, 0.1) is 11.1 Å². The molecule has 1 heterocycles. The maximum absolute atomic E-state index is 13.2. The normalized spacial score (nSPS) is 13.4. The van der Waals surface area contributed by atoms with Crippen molar-refractivity contribution in [3.05, 3.63) is 119 Å². The molecule has 0 fully saturated rings. The fraction of sp³-hybridized carbons (Fsp3) is 0.125. The van der Waals surface area contributed by atoms with E-state index in [1.807, 2.05) is 36.4 Å². The zero-order valence-electron chi connectivity index (χ0n) is 20.9. The number of anilines is 3. The molecule has 5 aromatic rings. The third-order valence-corrected chi connectivity index (χ3v) is 7.15. The lowest BCUT2D eigenvalue weighted by Crippen LogP contribution is -2.12. The van der Waals surface area contributed by atoms with Crippen molar-refractivity contribution in [1.29, 1.82) is 0 Å². The molecule has 1 N–H and O–H groups in total. The number of H-pyrrole nitrogens is 1. The Morgan fingerprint density at radius 3 is 1.62 bits per heavy atom. The van der Waals surface area contributed by atoms with Crippen LogP contribution in [0.3, 0.4) is 0 Å². The SMILES string of the molecule is FC(F)(F)c1ccc(N(c2ccc(-c3ccc4[nH]c5c(c4c3)CCC=C5)cc2)c2ccc(C(F)(F)F)cc2)cc1. The van der Waals surface area contributed by atoms with Gasteiger partial charge < -0.3 is 9.88 Å². The number of nitrogens with zero attached hydrogens (tertiary/aromatic N) is 1. The number of alkyl halides is 6. The molecule has 1 aromatic heterocycles. The lowest BCUT2D eigenvalue weighted by atomic mass is 9.97. The summed E-state index contributed by atoms with van der Waals surface area (Å²) in [4.78, 5) is 5.07. The summed E-state index contributed by atoms with van der Waals surface area (Å²) in [6.45, 7) is 0. The Hall–Kier alpha value is -4.46. The standard InChI is InChI=1S/C32H22F6N2/c33-31(34,35)22-8-14-25(15-9-22)40(26-16-10-23(11-17-26)32(36,37)38)24-12-5-20(6-13-24)21-7-18-30-28(19-21)27-3-1-2-4-29(27)39-30/h2,4-19,39H,1,3H2. The van der Waals surface area contributed by atoms with Gasteiger partial charge in [0.1, 0.15) is 0 Å². The molecule has 202 valence electrons. The Morgan fingerprint density at radius 1 is 0.600 bits per heavy atom. The molecule has 0 amide bonds. The smallest absolute Gasteiger partial charge is 0.355 e. The molecule has 40 heavy (non-hydrogen) atoms. The highest BCUT2D eigenvalue weighted by Crippen LogP contribution is 2.39. The summed E-state index contributed by atoms with van der Waals surface area (Å²) in [7, 11) is 0. The van der Waals surface area contributed by atoms with Crippen LogP contribution in [0.25, 0.3) is 28.1 Å². The minimum absolute atomic E-state index is 0.383. The van der Waals surface area contributed by atoms with Crippen LogP contribution < -0.4 is 4.90 Å². The summed E-state index contributed by atoms with van der Waals surface area (Å²) < 4.78 is 79.0. The quantitative estimate of drug-likeness (QED) is 0.221. The molecule has 0 unspecified atom stereocenters. The lowest BCUT2D eigenvalue weighted by molar-refractivity contribution is -0.138. The number of halogens is 6. The number of nitrogens with one attached hydrogen (secondary N) is 1. The molecule has 0 radical (unpaired) electrons. The van der Waals surface area contributed by atoms with Gasteiger partial charge in [0, 0.05) is 33.7 Å². The predicted molar refractivity (Wildman–Crippen MR) is 146 cm³/mol. The van der Waals surface area contributed by atoms with Crippen LogP contribution in [-0.4, -0.2) is 4.98 Å². The largest absolute Gasteiger partial charge is 0.416 e. The number of aryl methyl sites for hydroxylation is 1. The van der Waals surface area contributed by atoms with Crippen LogP contribution in [-0.2, 0) is 18.8 Å². The van der Waals surface area contributed by atoms with Gasteiger partial charge in [0.15, 0.2) is 0 Å². The Balaban J connectivity index is 1.38. The second-order valence-corrected chi connectivity index (χ2v) is 9.69. The maximum atomic E-state index is 13.2. The topological polar surface area (TPSA) is 19.0 Å². The minimum atomic E-state index is -4.50. The molecule has 0 bridgehead atoms. The van der Waals surface area contributed by atoms with Gasteiger partial charge >= 0.3 is 12.4 Å². The van der Waals surface area contributed by atoms with Crippen LogP contribution in [0, 0.1) is 0 Å². The van der Waals surface area contributed by atoms with Gasteiger partial charge in [-0.25, -0.2) is 0 Å². The minimum Gasteiger partial charge on any atom is -0.355 e. The van der Waals surface area contributed by atoms with Gasteiger partial charge in [0.25, 0.3) is 0 Å². The molecule has 0 spiro atoms. The Morgan fingerprint density at radius 2 is 1.10 bits per heavy atom. The number of aromatic amines is 1.